The van der Waals surface area contributed by atoms with E-state index < -0.39 is 0 Å². The minimum atomic E-state index is 0.137. The SMILES string of the molecule is CCc1ccc(C(Br)c2ccc(Cl)cc2Cl)s1. The summed E-state index contributed by atoms with van der Waals surface area (Å²) in [5.41, 5.74) is 1.06. The lowest BCUT2D eigenvalue weighted by molar-refractivity contribution is 1.19. The largest absolute Gasteiger partial charge is 0.144 e. The third-order valence-corrected chi connectivity index (χ3v) is 5.66. The molecule has 4 heteroatoms. The minimum absolute atomic E-state index is 0.137. The lowest BCUT2D eigenvalue weighted by atomic mass is 10.1. The topological polar surface area (TPSA) is 0 Å². The molecule has 0 saturated carbocycles. The van der Waals surface area contributed by atoms with Gasteiger partial charge in [0.25, 0.3) is 0 Å². The molecule has 17 heavy (non-hydrogen) atoms. The molecule has 0 N–H and O–H groups in total. The van der Waals surface area contributed by atoms with Crippen molar-refractivity contribution in [2.24, 2.45) is 0 Å². The third-order valence-electron chi connectivity index (χ3n) is 2.52. The molecule has 1 aromatic heterocycles. The summed E-state index contributed by atoms with van der Waals surface area (Å²) in [6, 6.07) is 9.92. The van der Waals surface area contributed by atoms with Crippen molar-refractivity contribution in [2.45, 2.75) is 18.2 Å². The summed E-state index contributed by atoms with van der Waals surface area (Å²) >= 11 is 17.6. The smallest absolute Gasteiger partial charge is 0.0752 e. The van der Waals surface area contributed by atoms with Crippen LogP contribution in [0.3, 0.4) is 0 Å². The summed E-state index contributed by atoms with van der Waals surface area (Å²) in [5, 5.41) is 1.37. The molecule has 0 bridgehead atoms. The molecule has 0 fully saturated rings. The fraction of sp³-hybridized carbons (Fsp3) is 0.231. The van der Waals surface area contributed by atoms with E-state index in [-0.39, 0.29) is 4.83 Å². The van der Waals surface area contributed by atoms with Crippen LogP contribution in [0.2, 0.25) is 10.0 Å². The molecular formula is C13H11BrCl2S. The Morgan fingerprint density at radius 2 is 2.00 bits per heavy atom. The van der Waals surface area contributed by atoms with Gasteiger partial charge in [-0.25, -0.2) is 0 Å². The third kappa shape index (κ3) is 3.05. The van der Waals surface area contributed by atoms with Crippen molar-refractivity contribution in [2.75, 3.05) is 0 Å². The summed E-state index contributed by atoms with van der Waals surface area (Å²) in [7, 11) is 0. The molecule has 90 valence electrons. The van der Waals surface area contributed by atoms with E-state index >= 15 is 0 Å². The Kier molecular flexibility index (Phi) is 4.53. The molecule has 1 unspecified atom stereocenters. The molecule has 2 aromatic rings. The fourth-order valence-electron chi connectivity index (χ4n) is 1.58. The highest BCUT2D eigenvalue weighted by molar-refractivity contribution is 9.09. The Labute approximate surface area is 124 Å². The van der Waals surface area contributed by atoms with E-state index in [0.717, 1.165) is 12.0 Å². The minimum Gasteiger partial charge on any atom is -0.144 e. The van der Waals surface area contributed by atoms with E-state index in [1.165, 1.54) is 9.75 Å². The molecule has 1 atom stereocenters. The van der Waals surface area contributed by atoms with Crippen LogP contribution in [0.25, 0.3) is 0 Å². The number of thiophene rings is 1. The number of hydrogen-bond donors (Lipinski definition) is 0. The van der Waals surface area contributed by atoms with E-state index in [1.807, 2.05) is 23.5 Å². The van der Waals surface area contributed by atoms with E-state index in [0.29, 0.717) is 10.0 Å². The maximum Gasteiger partial charge on any atom is 0.0752 e. The lowest BCUT2D eigenvalue weighted by Gasteiger charge is -2.10. The molecule has 1 aromatic carbocycles. The predicted molar refractivity (Wildman–Crippen MR) is 80.9 cm³/mol. The lowest BCUT2D eigenvalue weighted by Crippen LogP contribution is -1.90. The fourth-order valence-corrected chi connectivity index (χ4v) is 4.01. The molecule has 2 rings (SSSR count). The predicted octanol–water partition coefficient (Wildman–Crippen LogP) is 6.10. The Balaban J connectivity index is 2.33. The molecule has 0 saturated heterocycles. The first-order valence-corrected chi connectivity index (χ1v) is 7.78. The Hall–Kier alpha value is -0.0200. The van der Waals surface area contributed by atoms with Crippen LogP contribution in [-0.2, 0) is 6.42 Å². The average Bonchev–Trinajstić information content (AvgIpc) is 2.76. The monoisotopic (exact) mass is 348 g/mol. The highest BCUT2D eigenvalue weighted by Gasteiger charge is 2.15. The maximum absolute atomic E-state index is 6.21. The van der Waals surface area contributed by atoms with Crippen molar-refractivity contribution in [3.05, 3.63) is 55.7 Å². The molecule has 1 heterocycles. The molecule has 0 radical (unpaired) electrons. The second-order valence-electron chi connectivity index (χ2n) is 3.69. The quantitative estimate of drug-likeness (QED) is 0.587. The normalized spacial score (nSPS) is 12.7. The van der Waals surface area contributed by atoms with Crippen LogP contribution in [0.4, 0.5) is 0 Å². The highest BCUT2D eigenvalue weighted by atomic mass is 79.9. The van der Waals surface area contributed by atoms with E-state index in [2.05, 4.69) is 35.0 Å². The summed E-state index contributed by atoms with van der Waals surface area (Å²) in [6.07, 6.45) is 1.07. The number of hydrogen-bond acceptors (Lipinski definition) is 1. The zero-order valence-corrected chi connectivity index (χ0v) is 13.1. The van der Waals surface area contributed by atoms with Gasteiger partial charge in [0.15, 0.2) is 0 Å². The molecule has 0 nitrogen and oxygen atoms in total. The highest BCUT2D eigenvalue weighted by Crippen LogP contribution is 2.39. The van der Waals surface area contributed by atoms with Crippen molar-refractivity contribution in [1.29, 1.82) is 0 Å². The molecule has 0 spiro atoms. The molecule has 0 aliphatic rings. The Morgan fingerprint density at radius 3 is 2.59 bits per heavy atom. The zero-order valence-electron chi connectivity index (χ0n) is 9.21. The molecule has 0 amide bonds. The van der Waals surface area contributed by atoms with Crippen molar-refractivity contribution in [3.63, 3.8) is 0 Å². The van der Waals surface area contributed by atoms with Crippen LogP contribution in [-0.4, -0.2) is 0 Å². The van der Waals surface area contributed by atoms with Gasteiger partial charge in [0.05, 0.1) is 4.83 Å². The molecular weight excluding hydrogens is 339 g/mol. The molecule has 0 aliphatic heterocycles. The Bertz CT molecular complexity index is 522. The summed E-state index contributed by atoms with van der Waals surface area (Å²) < 4.78 is 0. The van der Waals surface area contributed by atoms with E-state index in [4.69, 9.17) is 23.2 Å². The van der Waals surface area contributed by atoms with Gasteiger partial charge in [-0.15, -0.1) is 11.3 Å². The second-order valence-corrected chi connectivity index (χ2v) is 6.65. The number of benzene rings is 1. The van der Waals surface area contributed by atoms with Gasteiger partial charge in [-0.05, 0) is 36.2 Å². The van der Waals surface area contributed by atoms with Crippen LogP contribution in [0.1, 0.15) is 27.1 Å². The average molecular weight is 350 g/mol. The van der Waals surface area contributed by atoms with Gasteiger partial charge < -0.3 is 0 Å². The second kappa shape index (κ2) is 5.75. The van der Waals surface area contributed by atoms with Gasteiger partial charge in [0, 0.05) is 19.8 Å². The van der Waals surface area contributed by atoms with Gasteiger partial charge in [-0.3, -0.25) is 0 Å². The van der Waals surface area contributed by atoms with E-state index in [1.54, 1.807) is 6.07 Å². The first-order valence-electron chi connectivity index (χ1n) is 5.29. The summed E-state index contributed by atoms with van der Waals surface area (Å²) in [5.74, 6) is 0. The summed E-state index contributed by atoms with van der Waals surface area (Å²) in [6.45, 7) is 2.16. The molecule has 0 aliphatic carbocycles. The van der Waals surface area contributed by atoms with E-state index in [9.17, 15) is 0 Å². The Morgan fingerprint density at radius 1 is 1.24 bits per heavy atom. The number of alkyl halides is 1. The van der Waals surface area contributed by atoms with Crippen LogP contribution in [0.5, 0.6) is 0 Å². The summed E-state index contributed by atoms with van der Waals surface area (Å²) in [4.78, 5) is 2.79. The van der Waals surface area contributed by atoms with Gasteiger partial charge in [0.1, 0.15) is 0 Å². The first-order chi connectivity index (χ1) is 8.11. The van der Waals surface area contributed by atoms with Crippen LogP contribution >= 0.6 is 50.5 Å². The van der Waals surface area contributed by atoms with Crippen LogP contribution in [0.15, 0.2) is 30.3 Å². The van der Waals surface area contributed by atoms with Crippen LogP contribution in [0, 0.1) is 0 Å². The first kappa shape index (κ1) is 13.4. The number of aryl methyl sites for hydroxylation is 1. The zero-order chi connectivity index (χ0) is 12.4. The van der Waals surface area contributed by atoms with Crippen molar-refractivity contribution in [1.82, 2.24) is 0 Å². The van der Waals surface area contributed by atoms with Crippen molar-refractivity contribution >= 4 is 50.5 Å². The maximum atomic E-state index is 6.21. The van der Waals surface area contributed by atoms with Gasteiger partial charge in [0.2, 0.25) is 0 Å². The number of halogens is 3. The van der Waals surface area contributed by atoms with Crippen LogP contribution < -0.4 is 0 Å². The standard InChI is InChI=1S/C13H11BrCl2S/c1-2-9-4-6-12(17-9)13(14)10-5-3-8(15)7-11(10)16/h3-7,13H,2H2,1H3. The van der Waals surface area contributed by atoms with Gasteiger partial charge >= 0.3 is 0 Å². The van der Waals surface area contributed by atoms with Crippen molar-refractivity contribution < 1.29 is 0 Å². The van der Waals surface area contributed by atoms with Crippen molar-refractivity contribution in [3.8, 4) is 0 Å². The van der Waals surface area contributed by atoms with Gasteiger partial charge in [-0.1, -0.05) is 52.1 Å². The number of rotatable bonds is 3. The van der Waals surface area contributed by atoms with Gasteiger partial charge in [-0.2, -0.15) is 0 Å².